The van der Waals surface area contributed by atoms with E-state index in [-0.39, 0.29) is 24.9 Å². The largest absolute Gasteiger partial charge is 0.481 e. The summed E-state index contributed by atoms with van der Waals surface area (Å²) in [6.45, 7) is 5.80. The Morgan fingerprint density at radius 1 is 1.27 bits per heavy atom. The smallest absolute Gasteiger partial charge is 0.308 e. The van der Waals surface area contributed by atoms with Crippen molar-refractivity contribution >= 4 is 11.9 Å². The summed E-state index contributed by atoms with van der Waals surface area (Å²) in [5, 5.41) is 13.8. The molecular formula is C20H25N3O3. The van der Waals surface area contributed by atoms with Crippen molar-refractivity contribution in [3.63, 3.8) is 0 Å². The maximum absolute atomic E-state index is 12.9. The second kappa shape index (κ2) is 7.32. The van der Waals surface area contributed by atoms with E-state index in [9.17, 15) is 14.7 Å². The van der Waals surface area contributed by atoms with Crippen LogP contribution in [-0.2, 0) is 16.0 Å². The number of aromatic nitrogens is 2. The topological polar surface area (TPSA) is 75.4 Å². The Labute approximate surface area is 153 Å². The highest BCUT2D eigenvalue weighted by Crippen LogP contribution is 2.29. The van der Waals surface area contributed by atoms with Gasteiger partial charge in [-0.15, -0.1) is 0 Å². The fourth-order valence-corrected chi connectivity index (χ4v) is 3.22. The van der Waals surface area contributed by atoms with Gasteiger partial charge in [0.2, 0.25) is 5.91 Å². The molecule has 1 aliphatic carbocycles. The van der Waals surface area contributed by atoms with Crippen LogP contribution in [0.2, 0.25) is 0 Å². The minimum absolute atomic E-state index is 0.0144. The molecule has 3 rings (SSSR count). The molecular weight excluding hydrogens is 330 g/mol. The molecule has 1 heterocycles. The number of rotatable bonds is 7. The molecule has 1 saturated carbocycles. The highest BCUT2D eigenvalue weighted by molar-refractivity contribution is 5.81. The summed E-state index contributed by atoms with van der Waals surface area (Å²) in [5.74, 6) is -1.44. The standard InChI is InChI=1S/C20H25N3O3/c1-13(20(25)26)12-22(16-9-10-16)19(24)11-18-14(2)21-23(15(18)3)17-7-5-4-6-8-17/h4-8,13,16H,9-12H2,1-3H3,(H,25,26). The van der Waals surface area contributed by atoms with Gasteiger partial charge in [0.05, 0.1) is 23.7 Å². The molecule has 0 radical (unpaired) electrons. The highest BCUT2D eigenvalue weighted by Gasteiger charge is 2.35. The minimum atomic E-state index is -0.868. The number of hydrogen-bond acceptors (Lipinski definition) is 3. The zero-order valence-corrected chi connectivity index (χ0v) is 15.5. The van der Waals surface area contributed by atoms with Gasteiger partial charge < -0.3 is 10.0 Å². The molecule has 1 fully saturated rings. The van der Waals surface area contributed by atoms with Gasteiger partial charge in [0.1, 0.15) is 0 Å². The van der Waals surface area contributed by atoms with E-state index in [1.807, 2.05) is 48.9 Å². The van der Waals surface area contributed by atoms with Gasteiger partial charge in [-0.2, -0.15) is 5.10 Å². The molecule has 0 spiro atoms. The van der Waals surface area contributed by atoms with Crippen molar-refractivity contribution in [1.82, 2.24) is 14.7 Å². The third kappa shape index (κ3) is 3.79. The van der Waals surface area contributed by atoms with Crippen molar-refractivity contribution in [2.45, 2.75) is 46.1 Å². The summed E-state index contributed by atoms with van der Waals surface area (Å²) < 4.78 is 1.86. The van der Waals surface area contributed by atoms with Gasteiger partial charge in [-0.05, 0) is 38.8 Å². The zero-order valence-electron chi connectivity index (χ0n) is 15.5. The maximum Gasteiger partial charge on any atom is 0.308 e. The van der Waals surface area contributed by atoms with Crippen molar-refractivity contribution in [3.8, 4) is 5.69 Å². The molecule has 1 N–H and O–H groups in total. The zero-order chi connectivity index (χ0) is 18.8. The van der Waals surface area contributed by atoms with Crippen molar-refractivity contribution in [1.29, 1.82) is 0 Å². The fraction of sp³-hybridized carbons (Fsp3) is 0.450. The lowest BCUT2D eigenvalue weighted by molar-refractivity contribution is -0.143. The second-order valence-electron chi connectivity index (χ2n) is 7.09. The molecule has 1 atom stereocenters. The van der Waals surface area contributed by atoms with E-state index in [0.717, 1.165) is 35.5 Å². The Kier molecular flexibility index (Phi) is 5.11. The number of carboxylic acids is 1. The Bertz CT molecular complexity index is 809. The molecule has 6 nitrogen and oxygen atoms in total. The molecule has 1 unspecified atom stereocenters. The van der Waals surface area contributed by atoms with Crippen molar-refractivity contribution in [2.24, 2.45) is 5.92 Å². The molecule has 1 aliphatic rings. The van der Waals surface area contributed by atoms with E-state index in [1.165, 1.54) is 0 Å². The predicted octanol–water partition coefficient (Wildman–Crippen LogP) is 2.74. The van der Waals surface area contributed by atoms with Gasteiger partial charge in [-0.25, -0.2) is 4.68 Å². The van der Waals surface area contributed by atoms with Crippen LogP contribution in [0.4, 0.5) is 0 Å². The average molecular weight is 355 g/mol. The molecule has 1 aromatic carbocycles. The van der Waals surface area contributed by atoms with Gasteiger partial charge in [0.25, 0.3) is 0 Å². The average Bonchev–Trinajstić information content (AvgIpc) is 3.42. The first-order valence-corrected chi connectivity index (χ1v) is 9.01. The first-order chi connectivity index (χ1) is 12.4. The summed E-state index contributed by atoms with van der Waals surface area (Å²) in [7, 11) is 0. The number of carbonyl (C=O) groups is 2. The van der Waals surface area contributed by atoms with Gasteiger partial charge in [0, 0.05) is 23.8 Å². The maximum atomic E-state index is 12.9. The SMILES string of the molecule is Cc1nn(-c2ccccc2)c(C)c1CC(=O)N(CC(C)C(=O)O)C1CC1. The lowest BCUT2D eigenvalue weighted by Gasteiger charge is -2.24. The molecule has 0 saturated heterocycles. The second-order valence-corrected chi connectivity index (χ2v) is 7.09. The predicted molar refractivity (Wildman–Crippen MR) is 98.3 cm³/mol. The van der Waals surface area contributed by atoms with Crippen LogP contribution in [0.1, 0.15) is 36.7 Å². The Morgan fingerprint density at radius 3 is 2.50 bits per heavy atom. The van der Waals surface area contributed by atoms with Crippen LogP contribution < -0.4 is 0 Å². The van der Waals surface area contributed by atoms with Crippen molar-refractivity contribution in [3.05, 3.63) is 47.3 Å². The monoisotopic (exact) mass is 355 g/mol. The number of carbonyl (C=O) groups excluding carboxylic acids is 1. The first-order valence-electron chi connectivity index (χ1n) is 9.01. The first kappa shape index (κ1) is 18.2. The number of hydrogen-bond donors (Lipinski definition) is 1. The van der Waals surface area contributed by atoms with E-state index >= 15 is 0 Å². The van der Waals surface area contributed by atoms with E-state index in [2.05, 4.69) is 5.10 Å². The van der Waals surface area contributed by atoms with Gasteiger partial charge in [0.15, 0.2) is 0 Å². The van der Waals surface area contributed by atoms with Gasteiger partial charge in [-0.1, -0.05) is 25.1 Å². The summed E-state index contributed by atoms with van der Waals surface area (Å²) in [4.78, 5) is 25.8. The Balaban J connectivity index is 1.80. The number of para-hydroxylation sites is 1. The van der Waals surface area contributed by atoms with E-state index in [0.29, 0.717) is 0 Å². The van der Waals surface area contributed by atoms with Crippen LogP contribution in [0.15, 0.2) is 30.3 Å². The van der Waals surface area contributed by atoms with Crippen molar-refractivity contribution < 1.29 is 14.7 Å². The molecule has 6 heteroatoms. The molecule has 2 aromatic rings. The van der Waals surface area contributed by atoms with Crippen LogP contribution in [0.3, 0.4) is 0 Å². The molecule has 26 heavy (non-hydrogen) atoms. The highest BCUT2D eigenvalue weighted by atomic mass is 16.4. The number of carboxylic acid groups (broad SMARTS) is 1. The van der Waals surface area contributed by atoms with Crippen LogP contribution in [-0.4, -0.2) is 44.3 Å². The van der Waals surface area contributed by atoms with Crippen LogP contribution in [0.25, 0.3) is 5.69 Å². The number of amides is 1. The summed E-state index contributed by atoms with van der Waals surface area (Å²) in [5.41, 5.74) is 3.67. The molecule has 0 bridgehead atoms. The molecule has 1 amide bonds. The fourth-order valence-electron chi connectivity index (χ4n) is 3.22. The molecule has 0 aliphatic heterocycles. The lowest BCUT2D eigenvalue weighted by atomic mass is 10.1. The number of aliphatic carboxylic acids is 1. The third-order valence-electron chi connectivity index (χ3n) is 4.97. The molecule has 1 aromatic heterocycles. The van der Waals surface area contributed by atoms with Crippen LogP contribution in [0.5, 0.6) is 0 Å². The summed E-state index contributed by atoms with van der Waals surface area (Å²) in [6.07, 6.45) is 2.17. The third-order valence-corrected chi connectivity index (χ3v) is 4.97. The normalized spacial score (nSPS) is 14.9. The number of benzene rings is 1. The van der Waals surface area contributed by atoms with E-state index in [4.69, 9.17) is 0 Å². The Morgan fingerprint density at radius 2 is 1.92 bits per heavy atom. The van der Waals surface area contributed by atoms with Crippen molar-refractivity contribution in [2.75, 3.05) is 6.54 Å². The van der Waals surface area contributed by atoms with Gasteiger partial charge >= 0.3 is 5.97 Å². The number of aryl methyl sites for hydroxylation is 1. The quantitative estimate of drug-likeness (QED) is 0.829. The summed E-state index contributed by atoms with van der Waals surface area (Å²) in [6, 6.07) is 10.0. The van der Waals surface area contributed by atoms with Crippen LogP contribution >= 0.6 is 0 Å². The van der Waals surface area contributed by atoms with Gasteiger partial charge in [-0.3, -0.25) is 9.59 Å². The number of nitrogens with zero attached hydrogens (tertiary/aromatic N) is 3. The Hall–Kier alpha value is -2.63. The van der Waals surface area contributed by atoms with E-state index < -0.39 is 11.9 Å². The van der Waals surface area contributed by atoms with Crippen LogP contribution in [0, 0.1) is 19.8 Å². The summed E-state index contributed by atoms with van der Waals surface area (Å²) >= 11 is 0. The van der Waals surface area contributed by atoms with E-state index in [1.54, 1.807) is 11.8 Å². The lowest BCUT2D eigenvalue weighted by Crippen LogP contribution is -2.39. The minimum Gasteiger partial charge on any atom is -0.481 e. The molecule has 138 valence electrons.